The Kier molecular flexibility index (Phi) is 4.24. The van der Waals surface area contributed by atoms with Gasteiger partial charge in [0.25, 0.3) is 0 Å². The minimum absolute atomic E-state index is 0.597. The molecule has 3 N–H and O–H groups in total. The minimum atomic E-state index is -0.597. The topological polar surface area (TPSA) is 53.5 Å². The largest absolute Gasteiger partial charge is 0.388 e. The summed E-state index contributed by atoms with van der Waals surface area (Å²) in [7, 11) is 0. The van der Waals surface area contributed by atoms with Gasteiger partial charge in [0.15, 0.2) is 0 Å². The van der Waals surface area contributed by atoms with Gasteiger partial charge in [-0.1, -0.05) is 18.2 Å². The molecule has 0 amide bonds. The lowest BCUT2D eigenvalue weighted by molar-refractivity contribution is -0.0616. The molecule has 0 aromatic heterocycles. The van der Waals surface area contributed by atoms with Crippen LogP contribution in [0, 0.1) is 0 Å². The van der Waals surface area contributed by atoms with Gasteiger partial charge in [-0.25, -0.2) is 0 Å². The summed E-state index contributed by atoms with van der Waals surface area (Å²) in [6, 6.07) is 6.50. The monoisotopic (exact) mass is 276 g/mol. The van der Waals surface area contributed by atoms with Gasteiger partial charge in [-0.2, -0.15) is 0 Å². The number of fused-ring (bicyclic) bond motifs is 1. The summed E-state index contributed by atoms with van der Waals surface area (Å²) in [5, 5.41) is 17.4. The second-order valence-corrected chi connectivity index (χ2v) is 5.92. The molecule has 0 aliphatic carbocycles. The maximum atomic E-state index is 10.4. The highest BCUT2D eigenvalue weighted by atomic mass is 16.5. The van der Waals surface area contributed by atoms with Crippen molar-refractivity contribution in [2.75, 3.05) is 31.6 Å². The van der Waals surface area contributed by atoms with Crippen LogP contribution in [0.4, 0.5) is 5.69 Å². The fourth-order valence-corrected chi connectivity index (χ4v) is 3.09. The molecular formula is C16H24N2O2. The molecule has 1 saturated heterocycles. The molecular weight excluding hydrogens is 252 g/mol. The highest BCUT2D eigenvalue weighted by Crippen LogP contribution is 2.26. The molecule has 1 fully saturated rings. The van der Waals surface area contributed by atoms with E-state index in [1.54, 1.807) is 0 Å². The van der Waals surface area contributed by atoms with Gasteiger partial charge in [0.1, 0.15) is 0 Å². The first kappa shape index (κ1) is 13.9. The summed E-state index contributed by atoms with van der Waals surface area (Å²) in [4.78, 5) is 0. The summed E-state index contributed by atoms with van der Waals surface area (Å²) < 4.78 is 5.31. The van der Waals surface area contributed by atoms with Crippen LogP contribution in [0.1, 0.15) is 30.4 Å². The summed E-state index contributed by atoms with van der Waals surface area (Å²) >= 11 is 0. The number of rotatable bonds is 4. The van der Waals surface area contributed by atoms with Crippen LogP contribution < -0.4 is 10.6 Å². The van der Waals surface area contributed by atoms with Gasteiger partial charge in [-0.15, -0.1) is 0 Å². The molecule has 2 aliphatic rings. The van der Waals surface area contributed by atoms with Crippen molar-refractivity contribution in [2.45, 2.75) is 37.8 Å². The predicted octanol–water partition coefficient (Wildman–Crippen LogP) is 1.68. The van der Waals surface area contributed by atoms with Crippen LogP contribution in [0.2, 0.25) is 0 Å². The lowest BCUT2D eigenvalue weighted by Gasteiger charge is -2.32. The second-order valence-electron chi connectivity index (χ2n) is 5.92. The number of benzene rings is 1. The molecule has 2 heterocycles. The van der Waals surface area contributed by atoms with Crippen LogP contribution in [0.3, 0.4) is 0 Å². The van der Waals surface area contributed by atoms with E-state index in [-0.39, 0.29) is 0 Å². The number of para-hydroxylation sites is 1. The van der Waals surface area contributed by atoms with E-state index in [0.717, 1.165) is 32.4 Å². The van der Waals surface area contributed by atoms with E-state index in [2.05, 4.69) is 28.8 Å². The molecule has 0 radical (unpaired) electrons. The lowest BCUT2D eigenvalue weighted by atomic mass is 9.94. The smallest absolute Gasteiger partial charge is 0.0815 e. The van der Waals surface area contributed by atoms with E-state index >= 15 is 0 Å². The maximum Gasteiger partial charge on any atom is 0.0815 e. The Morgan fingerprint density at radius 3 is 3.00 bits per heavy atom. The second kappa shape index (κ2) is 6.12. The van der Waals surface area contributed by atoms with E-state index < -0.39 is 5.60 Å². The molecule has 0 bridgehead atoms. The molecule has 0 atom stereocenters. The van der Waals surface area contributed by atoms with Crippen LogP contribution >= 0.6 is 0 Å². The van der Waals surface area contributed by atoms with E-state index in [1.165, 1.54) is 23.2 Å². The van der Waals surface area contributed by atoms with Crippen molar-refractivity contribution >= 4 is 5.69 Å². The van der Waals surface area contributed by atoms with Gasteiger partial charge < -0.3 is 20.5 Å². The van der Waals surface area contributed by atoms with Crippen LogP contribution in [0.25, 0.3) is 0 Å². The molecule has 0 unspecified atom stereocenters. The first-order chi connectivity index (χ1) is 9.77. The van der Waals surface area contributed by atoms with Crippen LogP contribution in [0.5, 0.6) is 0 Å². The zero-order valence-corrected chi connectivity index (χ0v) is 12.0. The van der Waals surface area contributed by atoms with Crippen molar-refractivity contribution < 1.29 is 9.84 Å². The summed E-state index contributed by atoms with van der Waals surface area (Å²) in [5.41, 5.74) is 3.42. The Bertz CT molecular complexity index is 456. The van der Waals surface area contributed by atoms with Crippen molar-refractivity contribution in [3.8, 4) is 0 Å². The molecule has 1 aromatic carbocycles. The molecule has 20 heavy (non-hydrogen) atoms. The van der Waals surface area contributed by atoms with Crippen LogP contribution in [-0.2, 0) is 17.7 Å². The number of hydrogen-bond acceptors (Lipinski definition) is 4. The van der Waals surface area contributed by atoms with Crippen LogP contribution in [-0.4, -0.2) is 37.0 Å². The zero-order chi connectivity index (χ0) is 13.8. The molecule has 0 spiro atoms. The Morgan fingerprint density at radius 1 is 1.30 bits per heavy atom. The standard InChI is InChI=1S/C16H24N2O2/c19-16(6-9-20-10-7-16)12-17-11-14-4-1-3-13-5-2-8-18-15(13)14/h1,3-4,17-19H,2,5-12H2. The van der Waals surface area contributed by atoms with E-state index in [9.17, 15) is 5.11 Å². The third-order valence-electron chi connectivity index (χ3n) is 4.35. The van der Waals surface area contributed by atoms with Gasteiger partial charge in [-0.3, -0.25) is 0 Å². The van der Waals surface area contributed by atoms with Crippen molar-refractivity contribution in [1.82, 2.24) is 5.32 Å². The third-order valence-corrected chi connectivity index (χ3v) is 4.35. The number of aliphatic hydroxyl groups is 1. The van der Waals surface area contributed by atoms with Crippen LogP contribution in [0.15, 0.2) is 18.2 Å². The van der Waals surface area contributed by atoms with E-state index in [0.29, 0.717) is 19.8 Å². The lowest BCUT2D eigenvalue weighted by Crippen LogP contribution is -2.44. The molecule has 4 heteroatoms. The molecule has 110 valence electrons. The SMILES string of the molecule is OC1(CNCc2cccc3c2NCCC3)CCOCC1. The Balaban J connectivity index is 1.58. The van der Waals surface area contributed by atoms with E-state index in [4.69, 9.17) is 4.74 Å². The van der Waals surface area contributed by atoms with Gasteiger partial charge in [0.2, 0.25) is 0 Å². The Hall–Kier alpha value is -1.10. The average Bonchev–Trinajstić information content (AvgIpc) is 2.48. The Labute approximate surface area is 120 Å². The van der Waals surface area contributed by atoms with Crippen molar-refractivity contribution in [1.29, 1.82) is 0 Å². The van der Waals surface area contributed by atoms with Crippen molar-refractivity contribution in [3.05, 3.63) is 29.3 Å². The average molecular weight is 276 g/mol. The van der Waals surface area contributed by atoms with Crippen molar-refractivity contribution in [3.63, 3.8) is 0 Å². The van der Waals surface area contributed by atoms with Gasteiger partial charge >= 0.3 is 0 Å². The third kappa shape index (κ3) is 3.14. The number of anilines is 1. The first-order valence-electron chi connectivity index (χ1n) is 7.62. The highest BCUT2D eigenvalue weighted by Gasteiger charge is 2.29. The number of aryl methyl sites for hydroxylation is 1. The predicted molar refractivity (Wildman–Crippen MR) is 80.0 cm³/mol. The fourth-order valence-electron chi connectivity index (χ4n) is 3.09. The Morgan fingerprint density at radius 2 is 2.15 bits per heavy atom. The van der Waals surface area contributed by atoms with Crippen molar-refractivity contribution in [2.24, 2.45) is 0 Å². The molecule has 4 nitrogen and oxygen atoms in total. The molecule has 3 rings (SSSR count). The minimum Gasteiger partial charge on any atom is -0.388 e. The normalized spacial score (nSPS) is 21.1. The quantitative estimate of drug-likeness (QED) is 0.783. The maximum absolute atomic E-state index is 10.4. The van der Waals surface area contributed by atoms with E-state index in [1.807, 2.05) is 0 Å². The summed E-state index contributed by atoms with van der Waals surface area (Å²) in [5.74, 6) is 0. The number of nitrogens with one attached hydrogen (secondary N) is 2. The summed E-state index contributed by atoms with van der Waals surface area (Å²) in [6.07, 6.45) is 3.83. The fraction of sp³-hybridized carbons (Fsp3) is 0.625. The van der Waals surface area contributed by atoms with Gasteiger partial charge in [-0.05, 0) is 24.0 Å². The zero-order valence-electron chi connectivity index (χ0n) is 12.0. The van der Waals surface area contributed by atoms with Gasteiger partial charge in [0.05, 0.1) is 5.60 Å². The number of ether oxygens (including phenoxy) is 1. The molecule has 2 aliphatic heterocycles. The highest BCUT2D eigenvalue weighted by molar-refractivity contribution is 5.59. The molecule has 1 aromatic rings. The first-order valence-corrected chi connectivity index (χ1v) is 7.62. The molecule has 0 saturated carbocycles. The summed E-state index contributed by atoms with van der Waals surface area (Å²) in [6.45, 7) is 3.84. The number of hydrogen-bond donors (Lipinski definition) is 3. The van der Waals surface area contributed by atoms with Gasteiger partial charge in [0, 0.05) is 51.4 Å².